The van der Waals surface area contributed by atoms with Crippen molar-refractivity contribution >= 4 is 29.3 Å². The lowest BCUT2D eigenvalue weighted by molar-refractivity contribution is -0.137. The third-order valence-corrected chi connectivity index (χ3v) is 4.46. The highest BCUT2D eigenvalue weighted by Gasteiger charge is 2.11. The quantitative estimate of drug-likeness (QED) is 0.630. The van der Waals surface area contributed by atoms with Gasteiger partial charge in [0.25, 0.3) is 5.56 Å². The van der Waals surface area contributed by atoms with Crippen LogP contribution in [0.4, 0.5) is 5.69 Å². The molecule has 0 bridgehead atoms. The summed E-state index contributed by atoms with van der Waals surface area (Å²) in [5.41, 5.74) is 3.45. The van der Waals surface area contributed by atoms with E-state index >= 15 is 0 Å². The largest absolute Gasteiger partial charge is 0.481 e. The normalized spacial score (nSPS) is 10.6. The minimum Gasteiger partial charge on any atom is -0.481 e. The number of aromatic amines is 1. The number of carbonyl (C=O) groups is 2. The van der Waals surface area contributed by atoms with Gasteiger partial charge in [0, 0.05) is 12.1 Å². The summed E-state index contributed by atoms with van der Waals surface area (Å²) >= 11 is 1.05. The van der Waals surface area contributed by atoms with E-state index in [2.05, 4.69) is 20.5 Å². The molecule has 26 heavy (non-hydrogen) atoms. The fraction of sp³-hybridized carbons (Fsp3) is 0.353. The van der Waals surface area contributed by atoms with Crippen LogP contribution in [0.3, 0.4) is 0 Å². The van der Waals surface area contributed by atoms with Gasteiger partial charge in [-0.15, -0.1) is 10.2 Å². The molecule has 0 aliphatic heterocycles. The Kier molecular flexibility index (Phi) is 6.51. The zero-order chi connectivity index (χ0) is 19.3. The van der Waals surface area contributed by atoms with Crippen LogP contribution >= 0.6 is 11.8 Å². The smallest absolute Gasteiger partial charge is 0.303 e. The molecule has 0 saturated carbocycles. The first-order chi connectivity index (χ1) is 12.3. The molecule has 2 rings (SSSR count). The second-order valence-corrected chi connectivity index (χ2v) is 6.87. The van der Waals surface area contributed by atoms with Gasteiger partial charge >= 0.3 is 5.97 Å². The Hall–Kier alpha value is -2.68. The molecule has 3 N–H and O–H groups in total. The Morgan fingerprint density at radius 3 is 2.42 bits per heavy atom. The maximum atomic E-state index is 12.2. The number of hydrogen-bond acceptors (Lipinski definition) is 6. The molecule has 0 aliphatic rings. The topological polar surface area (TPSA) is 125 Å². The minimum atomic E-state index is -1.01. The average Bonchev–Trinajstić information content (AvgIpc) is 2.55. The van der Waals surface area contributed by atoms with Crippen molar-refractivity contribution in [1.82, 2.24) is 15.2 Å². The van der Waals surface area contributed by atoms with Crippen LogP contribution in [-0.4, -0.2) is 37.9 Å². The zero-order valence-corrected chi connectivity index (χ0v) is 15.6. The summed E-state index contributed by atoms with van der Waals surface area (Å²) < 4.78 is 0. The second-order valence-electron chi connectivity index (χ2n) is 5.91. The van der Waals surface area contributed by atoms with E-state index in [-0.39, 0.29) is 35.4 Å². The van der Waals surface area contributed by atoms with Gasteiger partial charge in [-0.3, -0.25) is 19.4 Å². The molecule has 0 atom stereocenters. The Morgan fingerprint density at radius 1 is 1.19 bits per heavy atom. The number of thioether (sulfide) groups is 1. The van der Waals surface area contributed by atoms with Crippen molar-refractivity contribution < 1.29 is 14.7 Å². The van der Waals surface area contributed by atoms with Crippen molar-refractivity contribution in [1.29, 1.82) is 0 Å². The third kappa shape index (κ3) is 5.41. The molecular weight excluding hydrogens is 356 g/mol. The fourth-order valence-corrected chi connectivity index (χ4v) is 3.09. The number of carbonyl (C=O) groups excluding carboxylic acids is 1. The number of aryl methyl sites for hydroxylation is 4. The number of carboxylic acid groups (broad SMARTS) is 1. The number of anilines is 1. The molecule has 0 radical (unpaired) electrons. The van der Waals surface area contributed by atoms with E-state index in [4.69, 9.17) is 5.11 Å². The van der Waals surface area contributed by atoms with Crippen LogP contribution in [0.5, 0.6) is 0 Å². The molecule has 8 nitrogen and oxygen atoms in total. The van der Waals surface area contributed by atoms with Crippen LogP contribution in [0.2, 0.25) is 0 Å². The van der Waals surface area contributed by atoms with Gasteiger partial charge in [-0.05, 0) is 31.9 Å². The number of amides is 1. The molecule has 0 saturated heterocycles. The van der Waals surface area contributed by atoms with Crippen LogP contribution in [0.1, 0.15) is 28.8 Å². The summed E-state index contributed by atoms with van der Waals surface area (Å²) in [4.78, 5) is 37.1. The zero-order valence-electron chi connectivity index (χ0n) is 14.8. The molecule has 138 valence electrons. The molecule has 9 heteroatoms. The highest BCUT2D eigenvalue weighted by molar-refractivity contribution is 7.99. The van der Waals surface area contributed by atoms with E-state index in [1.54, 1.807) is 0 Å². The van der Waals surface area contributed by atoms with Crippen molar-refractivity contribution in [3.63, 3.8) is 0 Å². The molecule has 0 unspecified atom stereocenters. The van der Waals surface area contributed by atoms with E-state index in [0.717, 1.165) is 34.1 Å². The Labute approximate surface area is 154 Å². The lowest BCUT2D eigenvalue weighted by Crippen LogP contribution is -2.20. The standard InChI is InChI=1S/C17H20N4O4S/c1-9-6-10(2)15(11(3)7-9)18-13(22)8-26-17-19-16(25)12(20-21-17)4-5-14(23)24/h6-7H,4-5,8H2,1-3H3,(H,18,22)(H,23,24)(H,19,21,25). The van der Waals surface area contributed by atoms with Gasteiger partial charge in [0.2, 0.25) is 5.91 Å². The number of benzene rings is 1. The van der Waals surface area contributed by atoms with Crippen LogP contribution in [0, 0.1) is 20.8 Å². The van der Waals surface area contributed by atoms with Crippen LogP contribution in [-0.2, 0) is 16.0 Å². The van der Waals surface area contributed by atoms with Crippen molar-refractivity contribution in [3.05, 3.63) is 44.9 Å². The monoisotopic (exact) mass is 376 g/mol. The Balaban J connectivity index is 1.96. The minimum absolute atomic E-state index is 0.00901. The summed E-state index contributed by atoms with van der Waals surface area (Å²) in [5, 5.41) is 19.3. The summed E-state index contributed by atoms with van der Waals surface area (Å²) in [6.07, 6.45) is -0.184. The predicted molar refractivity (Wildman–Crippen MR) is 98.6 cm³/mol. The maximum absolute atomic E-state index is 12.2. The Morgan fingerprint density at radius 2 is 1.85 bits per heavy atom. The number of H-pyrrole nitrogens is 1. The summed E-state index contributed by atoms with van der Waals surface area (Å²) in [7, 11) is 0. The molecule has 1 aromatic heterocycles. The van der Waals surface area contributed by atoms with Gasteiger partial charge in [-0.2, -0.15) is 0 Å². The second kappa shape index (κ2) is 8.61. The average molecular weight is 376 g/mol. The van der Waals surface area contributed by atoms with E-state index in [9.17, 15) is 14.4 Å². The van der Waals surface area contributed by atoms with Crippen LogP contribution in [0.25, 0.3) is 0 Å². The number of carboxylic acids is 1. The highest BCUT2D eigenvalue weighted by Crippen LogP contribution is 2.22. The molecule has 1 heterocycles. The molecular formula is C17H20N4O4S. The van der Waals surface area contributed by atoms with E-state index in [0.29, 0.717) is 0 Å². The predicted octanol–water partition coefficient (Wildman–Crippen LogP) is 1.84. The van der Waals surface area contributed by atoms with Crippen LogP contribution < -0.4 is 10.9 Å². The summed E-state index contributed by atoms with van der Waals surface area (Å²) in [5.74, 6) is -1.17. The fourth-order valence-electron chi connectivity index (χ4n) is 2.49. The van der Waals surface area contributed by atoms with E-state index in [1.807, 2.05) is 32.9 Å². The van der Waals surface area contributed by atoms with Gasteiger partial charge in [0.1, 0.15) is 5.69 Å². The van der Waals surface area contributed by atoms with Crippen molar-refractivity contribution in [3.8, 4) is 0 Å². The number of aliphatic carboxylic acids is 1. The number of nitrogens with zero attached hydrogens (tertiary/aromatic N) is 2. The SMILES string of the molecule is Cc1cc(C)c(NC(=O)CSc2nnc(CCC(=O)O)c(=O)[nH]2)c(C)c1. The first kappa shape index (κ1) is 19.6. The lowest BCUT2D eigenvalue weighted by Gasteiger charge is -2.12. The third-order valence-electron chi connectivity index (χ3n) is 3.60. The van der Waals surface area contributed by atoms with Crippen molar-refractivity contribution in [2.75, 3.05) is 11.1 Å². The first-order valence-electron chi connectivity index (χ1n) is 7.94. The molecule has 0 aliphatic carbocycles. The lowest BCUT2D eigenvalue weighted by atomic mass is 10.1. The highest BCUT2D eigenvalue weighted by atomic mass is 32.2. The van der Waals surface area contributed by atoms with Crippen molar-refractivity contribution in [2.24, 2.45) is 0 Å². The molecule has 0 spiro atoms. The molecule has 1 aromatic carbocycles. The molecule has 1 amide bonds. The first-order valence-corrected chi connectivity index (χ1v) is 8.93. The van der Waals surface area contributed by atoms with Gasteiger partial charge in [-0.25, -0.2) is 0 Å². The molecule has 2 aromatic rings. The Bertz CT molecular complexity index is 872. The van der Waals surface area contributed by atoms with Gasteiger partial charge in [0.05, 0.1) is 12.2 Å². The van der Waals surface area contributed by atoms with E-state index in [1.165, 1.54) is 0 Å². The van der Waals surface area contributed by atoms with E-state index < -0.39 is 11.5 Å². The van der Waals surface area contributed by atoms with Gasteiger partial charge in [-0.1, -0.05) is 29.5 Å². The maximum Gasteiger partial charge on any atom is 0.303 e. The van der Waals surface area contributed by atoms with Gasteiger partial charge < -0.3 is 10.4 Å². The number of nitrogens with one attached hydrogen (secondary N) is 2. The van der Waals surface area contributed by atoms with Crippen LogP contribution in [0.15, 0.2) is 22.1 Å². The number of aromatic nitrogens is 3. The number of hydrogen-bond donors (Lipinski definition) is 3. The summed E-state index contributed by atoms with van der Waals surface area (Å²) in [6, 6.07) is 3.99. The number of rotatable bonds is 7. The van der Waals surface area contributed by atoms with Gasteiger partial charge in [0.15, 0.2) is 5.16 Å². The van der Waals surface area contributed by atoms with Crippen molar-refractivity contribution in [2.45, 2.75) is 38.8 Å². The summed E-state index contributed by atoms with van der Waals surface area (Å²) in [6.45, 7) is 5.86. The molecule has 0 fully saturated rings.